The van der Waals surface area contributed by atoms with Crippen molar-refractivity contribution in [2.75, 3.05) is 12.9 Å². The molecular formula is C11H21NO3S. The molecule has 0 aliphatic heterocycles. The van der Waals surface area contributed by atoms with E-state index in [1.807, 2.05) is 6.92 Å². The van der Waals surface area contributed by atoms with Gasteiger partial charge < -0.3 is 15.6 Å². The largest absolute Gasteiger partial charge is 0.468 e. The molecule has 3 atom stereocenters. The molecule has 0 amide bonds. The standard InChI is InChI=1S/C11H21NO3S/c1-7(13)8(2)16-6-11(12,9-4-5-9)10(14)15-3/h7-9,13H,4-6,12H2,1-3H3. The molecule has 1 aliphatic carbocycles. The highest BCUT2D eigenvalue weighted by atomic mass is 32.2. The van der Waals surface area contributed by atoms with Crippen molar-refractivity contribution in [3.8, 4) is 0 Å². The van der Waals surface area contributed by atoms with Crippen molar-refractivity contribution in [3.63, 3.8) is 0 Å². The third-order valence-electron chi connectivity index (χ3n) is 3.14. The molecule has 3 N–H and O–H groups in total. The number of carbonyl (C=O) groups excluding carboxylic acids is 1. The van der Waals surface area contributed by atoms with E-state index < -0.39 is 11.6 Å². The van der Waals surface area contributed by atoms with Gasteiger partial charge in [-0.15, -0.1) is 0 Å². The van der Waals surface area contributed by atoms with Crippen molar-refractivity contribution < 1.29 is 14.6 Å². The van der Waals surface area contributed by atoms with E-state index >= 15 is 0 Å². The zero-order valence-corrected chi connectivity index (χ0v) is 10.9. The maximum Gasteiger partial charge on any atom is 0.326 e. The van der Waals surface area contributed by atoms with Crippen LogP contribution in [0, 0.1) is 5.92 Å². The number of rotatable bonds is 6. The molecule has 1 saturated carbocycles. The first-order chi connectivity index (χ1) is 7.41. The van der Waals surface area contributed by atoms with Crippen LogP contribution in [-0.4, -0.2) is 40.8 Å². The van der Waals surface area contributed by atoms with Gasteiger partial charge in [-0.25, -0.2) is 0 Å². The van der Waals surface area contributed by atoms with Crippen LogP contribution in [0.5, 0.6) is 0 Å². The van der Waals surface area contributed by atoms with Crippen LogP contribution in [0.25, 0.3) is 0 Å². The molecule has 0 heterocycles. The van der Waals surface area contributed by atoms with Gasteiger partial charge in [-0.1, -0.05) is 6.92 Å². The second kappa shape index (κ2) is 5.38. The summed E-state index contributed by atoms with van der Waals surface area (Å²) in [6.45, 7) is 3.67. The van der Waals surface area contributed by atoms with Gasteiger partial charge >= 0.3 is 5.97 Å². The summed E-state index contributed by atoms with van der Waals surface area (Å²) in [4.78, 5) is 11.7. The van der Waals surface area contributed by atoms with Crippen LogP contribution in [0.4, 0.5) is 0 Å². The van der Waals surface area contributed by atoms with E-state index in [0.29, 0.717) is 5.75 Å². The van der Waals surface area contributed by atoms with Gasteiger partial charge in [-0.2, -0.15) is 11.8 Å². The van der Waals surface area contributed by atoms with Crippen LogP contribution in [-0.2, 0) is 9.53 Å². The second-order valence-corrected chi connectivity index (χ2v) is 5.93. The van der Waals surface area contributed by atoms with Crippen LogP contribution >= 0.6 is 11.8 Å². The molecule has 0 radical (unpaired) electrons. The Morgan fingerprint density at radius 2 is 2.19 bits per heavy atom. The van der Waals surface area contributed by atoms with Gasteiger partial charge in [0.05, 0.1) is 13.2 Å². The predicted molar refractivity (Wildman–Crippen MR) is 65.3 cm³/mol. The lowest BCUT2D eigenvalue weighted by atomic mass is 9.97. The highest BCUT2D eigenvalue weighted by molar-refractivity contribution is 8.00. The number of methoxy groups -OCH3 is 1. The number of carbonyl (C=O) groups is 1. The Morgan fingerprint density at radius 3 is 2.56 bits per heavy atom. The first kappa shape index (κ1) is 13.8. The molecule has 4 nitrogen and oxygen atoms in total. The topological polar surface area (TPSA) is 72.5 Å². The third-order valence-corrected chi connectivity index (χ3v) is 4.70. The minimum Gasteiger partial charge on any atom is -0.468 e. The minimum absolute atomic E-state index is 0.0753. The molecule has 0 bridgehead atoms. The van der Waals surface area contributed by atoms with Gasteiger partial charge in [0, 0.05) is 11.0 Å². The van der Waals surface area contributed by atoms with Gasteiger partial charge in [-0.05, 0) is 25.7 Å². The highest BCUT2D eigenvalue weighted by Crippen LogP contribution is 2.41. The van der Waals surface area contributed by atoms with Gasteiger partial charge in [0.1, 0.15) is 5.54 Å². The Balaban J connectivity index is 2.55. The lowest BCUT2D eigenvalue weighted by molar-refractivity contribution is -0.146. The molecule has 1 rings (SSSR count). The third kappa shape index (κ3) is 3.12. The van der Waals surface area contributed by atoms with E-state index in [4.69, 9.17) is 10.5 Å². The van der Waals surface area contributed by atoms with Crippen LogP contribution in [0.1, 0.15) is 26.7 Å². The zero-order chi connectivity index (χ0) is 12.3. The van der Waals surface area contributed by atoms with Crippen molar-refractivity contribution >= 4 is 17.7 Å². The number of nitrogens with two attached hydrogens (primary N) is 1. The molecule has 0 aromatic heterocycles. The van der Waals surface area contributed by atoms with E-state index in [1.165, 1.54) is 18.9 Å². The van der Waals surface area contributed by atoms with E-state index in [2.05, 4.69) is 0 Å². The summed E-state index contributed by atoms with van der Waals surface area (Å²) >= 11 is 1.53. The van der Waals surface area contributed by atoms with Crippen molar-refractivity contribution in [1.29, 1.82) is 0 Å². The average molecular weight is 247 g/mol. The Morgan fingerprint density at radius 1 is 1.62 bits per heavy atom. The molecule has 0 saturated heterocycles. The number of aliphatic hydroxyl groups is 1. The molecule has 0 aromatic rings. The Hall–Kier alpha value is -0.260. The summed E-state index contributed by atoms with van der Waals surface area (Å²) in [7, 11) is 1.37. The van der Waals surface area contributed by atoms with E-state index in [0.717, 1.165) is 12.8 Å². The first-order valence-electron chi connectivity index (χ1n) is 5.58. The van der Waals surface area contributed by atoms with Crippen LogP contribution in [0.15, 0.2) is 0 Å². The van der Waals surface area contributed by atoms with Crippen molar-refractivity contribution in [1.82, 2.24) is 0 Å². The summed E-state index contributed by atoms with van der Waals surface area (Å²) in [5, 5.41) is 9.47. The van der Waals surface area contributed by atoms with E-state index in [-0.39, 0.29) is 17.1 Å². The summed E-state index contributed by atoms with van der Waals surface area (Å²) in [6.07, 6.45) is 1.59. The van der Waals surface area contributed by atoms with Gasteiger partial charge in [0.25, 0.3) is 0 Å². The molecular weight excluding hydrogens is 226 g/mol. The summed E-state index contributed by atoms with van der Waals surface area (Å²) < 4.78 is 4.77. The Kier molecular flexibility index (Phi) is 4.64. The lowest BCUT2D eigenvalue weighted by Gasteiger charge is -2.27. The number of aliphatic hydroxyl groups excluding tert-OH is 1. The summed E-state index contributed by atoms with van der Waals surface area (Å²) in [5.41, 5.74) is 5.26. The molecule has 0 aromatic carbocycles. The van der Waals surface area contributed by atoms with Gasteiger partial charge in [-0.3, -0.25) is 4.79 Å². The Bertz CT molecular complexity index is 256. The van der Waals surface area contributed by atoms with E-state index in [1.54, 1.807) is 6.92 Å². The van der Waals surface area contributed by atoms with Crippen LogP contribution in [0.3, 0.4) is 0 Å². The normalized spacial score (nSPS) is 23.3. The first-order valence-corrected chi connectivity index (χ1v) is 6.63. The molecule has 16 heavy (non-hydrogen) atoms. The SMILES string of the molecule is COC(=O)C(N)(CSC(C)C(C)O)C1CC1. The second-order valence-electron chi connectivity index (χ2n) is 4.56. The maximum atomic E-state index is 11.7. The molecule has 1 fully saturated rings. The number of thioether (sulfide) groups is 1. The van der Waals surface area contributed by atoms with Crippen molar-refractivity contribution in [3.05, 3.63) is 0 Å². The van der Waals surface area contributed by atoms with Gasteiger partial charge in [0.2, 0.25) is 0 Å². The van der Waals surface area contributed by atoms with Crippen LogP contribution in [0.2, 0.25) is 0 Å². The quantitative estimate of drug-likeness (QED) is 0.678. The van der Waals surface area contributed by atoms with Crippen LogP contribution < -0.4 is 5.73 Å². The number of hydrogen-bond donors (Lipinski definition) is 2. The minimum atomic E-state index is -0.872. The fourth-order valence-corrected chi connectivity index (χ4v) is 2.71. The number of hydrogen-bond acceptors (Lipinski definition) is 5. The summed E-state index contributed by atoms with van der Waals surface area (Å²) in [5.74, 6) is 0.421. The predicted octanol–water partition coefficient (Wildman–Crippen LogP) is 0.769. The van der Waals surface area contributed by atoms with Crippen molar-refractivity contribution in [2.45, 2.75) is 43.6 Å². The molecule has 0 spiro atoms. The molecule has 1 aliphatic rings. The van der Waals surface area contributed by atoms with Crippen molar-refractivity contribution in [2.24, 2.45) is 11.7 Å². The van der Waals surface area contributed by atoms with E-state index in [9.17, 15) is 9.90 Å². The maximum absolute atomic E-state index is 11.7. The number of ether oxygens (including phenoxy) is 1. The zero-order valence-electron chi connectivity index (χ0n) is 10.1. The lowest BCUT2D eigenvalue weighted by Crippen LogP contribution is -2.53. The smallest absolute Gasteiger partial charge is 0.326 e. The molecule has 3 unspecified atom stereocenters. The molecule has 5 heteroatoms. The average Bonchev–Trinajstić information content (AvgIpc) is 3.07. The van der Waals surface area contributed by atoms with Gasteiger partial charge in [0.15, 0.2) is 0 Å². The fourth-order valence-electron chi connectivity index (χ4n) is 1.54. The fraction of sp³-hybridized carbons (Fsp3) is 0.909. The highest BCUT2D eigenvalue weighted by Gasteiger charge is 2.49. The Labute approximate surface area is 101 Å². The summed E-state index contributed by atoms with van der Waals surface area (Å²) in [6, 6.07) is 0. The monoisotopic (exact) mass is 247 g/mol. The molecule has 94 valence electrons. The number of esters is 1.